The molecule has 2 heterocycles. The standard InChI is InChI=1S/C26H23N3O3/c1-3-6-24(31)29-22-15-23(30)26(25(17(22)2)19-11-13-27-14-12-19)32-16-20-10-9-18-7-4-5-8-21(18)28-20/h3-15,30H,16H2,1-2H3,(H,29,31)/b6-3-. The number of aromatic hydroxyl groups is 1. The van der Waals surface area contributed by atoms with Crippen molar-refractivity contribution in [1.82, 2.24) is 9.97 Å². The highest BCUT2D eigenvalue weighted by atomic mass is 16.5. The quantitative estimate of drug-likeness (QED) is 0.404. The van der Waals surface area contributed by atoms with Gasteiger partial charge in [0.25, 0.3) is 0 Å². The van der Waals surface area contributed by atoms with E-state index in [4.69, 9.17) is 4.74 Å². The Morgan fingerprint density at radius 3 is 2.69 bits per heavy atom. The number of aromatic nitrogens is 2. The van der Waals surface area contributed by atoms with Crippen LogP contribution in [0.2, 0.25) is 0 Å². The Morgan fingerprint density at radius 1 is 1.12 bits per heavy atom. The van der Waals surface area contributed by atoms with Gasteiger partial charge in [-0.05, 0) is 55.3 Å². The van der Waals surface area contributed by atoms with Gasteiger partial charge in [0.15, 0.2) is 11.5 Å². The number of amides is 1. The Hall–Kier alpha value is -4.19. The molecule has 0 bridgehead atoms. The number of nitrogens with one attached hydrogen (secondary N) is 1. The van der Waals surface area contributed by atoms with Crippen LogP contribution in [0, 0.1) is 6.92 Å². The Balaban J connectivity index is 1.72. The molecule has 2 aromatic carbocycles. The molecule has 160 valence electrons. The van der Waals surface area contributed by atoms with Gasteiger partial charge in [0, 0.05) is 35.1 Å². The normalized spacial score (nSPS) is 11.1. The number of hydrogen-bond acceptors (Lipinski definition) is 5. The van der Waals surface area contributed by atoms with Crippen molar-refractivity contribution in [3.8, 4) is 22.6 Å². The van der Waals surface area contributed by atoms with Gasteiger partial charge >= 0.3 is 0 Å². The molecular formula is C26H23N3O3. The molecule has 0 fully saturated rings. The predicted molar refractivity (Wildman–Crippen MR) is 126 cm³/mol. The number of rotatable bonds is 6. The molecule has 0 radical (unpaired) electrons. The van der Waals surface area contributed by atoms with E-state index in [-0.39, 0.29) is 18.3 Å². The summed E-state index contributed by atoms with van der Waals surface area (Å²) in [5.74, 6) is -0.0172. The summed E-state index contributed by atoms with van der Waals surface area (Å²) in [6.45, 7) is 3.83. The first kappa shape index (κ1) is 21.1. The van der Waals surface area contributed by atoms with Gasteiger partial charge in [0.05, 0.1) is 11.2 Å². The van der Waals surface area contributed by atoms with Crippen molar-refractivity contribution in [2.75, 3.05) is 5.32 Å². The first-order valence-electron chi connectivity index (χ1n) is 10.2. The number of phenolic OH excluding ortho intramolecular Hbond substituents is 1. The molecule has 0 unspecified atom stereocenters. The molecule has 4 aromatic rings. The van der Waals surface area contributed by atoms with Crippen LogP contribution in [-0.4, -0.2) is 21.0 Å². The number of phenols is 1. The maximum Gasteiger partial charge on any atom is 0.248 e. The Morgan fingerprint density at radius 2 is 1.91 bits per heavy atom. The average molecular weight is 425 g/mol. The minimum Gasteiger partial charge on any atom is -0.504 e. The summed E-state index contributed by atoms with van der Waals surface area (Å²) in [7, 11) is 0. The highest BCUT2D eigenvalue weighted by Gasteiger charge is 2.19. The lowest BCUT2D eigenvalue weighted by molar-refractivity contribution is -0.111. The van der Waals surface area contributed by atoms with Crippen LogP contribution in [0.15, 0.2) is 79.1 Å². The van der Waals surface area contributed by atoms with Crippen molar-refractivity contribution in [3.63, 3.8) is 0 Å². The summed E-state index contributed by atoms with van der Waals surface area (Å²) in [6, 6.07) is 16.9. The van der Waals surface area contributed by atoms with Crippen molar-refractivity contribution < 1.29 is 14.6 Å². The zero-order valence-electron chi connectivity index (χ0n) is 17.9. The fourth-order valence-corrected chi connectivity index (χ4v) is 3.55. The number of ether oxygens (including phenoxy) is 1. The lowest BCUT2D eigenvalue weighted by Crippen LogP contribution is -2.10. The van der Waals surface area contributed by atoms with Crippen LogP contribution < -0.4 is 10.1 Å². The van der Waals surface area contributed by atoms with E-state index in [1.54, 1.807) is 25.4 Å². The largest absolute Gasteiger partial charge is 0.504 e. The van der Waals surface area contributed by atoms with Gasteiger partial charge in [-0.2, -0.15) is 0 Å². The number of para-hydroxylation sites is 1. The number of nitrogens with zero attached hydrogens (tertiary/aromatic N) is 2. The van der Waals surface area contributed by atoms with E-state index >= 15 is 0 Å². The van der Waals surface area contributed by atoms with Crippen LogP contribution >= 0.6 is 0 Å². The van der Waals surface area contributed by atoms with Gasteiger partial charge in [-0.1, -0.05) is 30.3 Å². The van der Waals surface area contributed by atoms with E-state index in [0.29, 0.717) is 17.0 Å². The molecule has 2 N–H and O–H groups in total. The van der Waals surface area contributed by atoms with Crippen LogP contribution in [0.3, 0.4) is 0 Å². The van der Waals surface area contributed by atoms with Gasteiger partial charge in [0.1, 0.15) is 6.61 Å². The molecule has 0 atom stereocenters. The van der Waals surface area contributed by atoms with Gasteiger partial charge in [-0.3, -0.25) is 9.78 Å². The predicted octanol–water partition coefficient (Wildman–Crippen LogP) is 5.40. The van der Waals surface area contributed by atoms with E-state index in [9.17, 15) is 9.90 Å². The molecular weight excluding hydrogens is 402 g/mol. The van der Waals surface area contributed by atoms with Gasteiger partial charge in [0.2, 0.25) is 5.91 Å². The summed E-state index contributed by atoms with van der Waals surface area (Å²) >= 11 is 0. The number of fused-ring (bicyclic) bond motifs is 1. The highest BCUT2D eigenvalue weighted by Crippen LogP contribution is 2.44. The maximum absolute atomic E-state index is 12.1. The molecule has 4 rings (SSSR count). The second-order valence-electron chi connectivity index (χ2n) is 7.28. The summed E-state index contributed by atoms with van der Waals surface area (Å²) in [4.78, 5) is 20.8. The highest BCUT2D eigenvalue weighted by molar-refractivity contribution is 6.01. The summed E-state index contributed by atoms with van der Waals surface area (Å²) < 4.78 is 6.09. The smallest absolute Gasteiger partial charge is 0.248 e. The number of pyridine rings is 2. The van der Waals surface area contributed by atoms with Crippen LogP contribution in [0.25, 0.3) is 22.0 Å². The van der Waals surface area contributed by atoms with E-state index in [1.165, 1.54) is 12.1 Å². The Labute approximate surface area is 186 Å². The van der Waals surface area contributed by atoms with Gasteiger partial charge in [-0.25, -0.2) is 4.98 Å². The van der Waals surface area contributed by atoms with E-state index in [2.05, 4.69) is 15.3 Å². The monoisotopic (exact) mass is 425 g/mol. The number of carbonyl (C=O) groups is 1. The van der Waals surface area contributed by atoms with Crippen molar-refractivity contribution in [1.29, 1.82) is 0 Å². The molecule has 2 aromatic heterocycles. The molecule has 0 aliphatic carbocycles. The summed E-state index contributed by atoms with van der Waals surface area (Å²) in [5, 5.41) is 14.7. The molecule has 32 heavy (non-hydrogen) atoms. The third-order valence-corrected chi connectivity index (χ3v) is 5.09. The van der Waals surface area contributed by atoms with Crippen LogP contribution in [-0.2, 0) is 11.4 Å². The lowest BCUT2D eigenvalue weighted by Gasteiger charge is -2.19. The van der Waals surface area contributed by atoms with E-state index in [0.717, 1.165) is 27.7 Å². The Kier molecular flexibility index (Phi) is 6.12. The molecule has 0 aliphatic heterocycles. The van der Waals surface area contributed by atoms with Crippen molar-refractivity contribution in [2.24, 2.45) is 0 Å². The molecule has 0 spiro atoms. The second kappa shape index (κ2) is 9.31. The van der Waals surface area contributed by atoms with Crippen molar-refractivity contribution in [3.05, 3.63) is 90.4 Å². The van der Waals surface area contributed by atoms with Crippen LogP contribution in [0.1, 0.15) is 18.2 Å². The van der Waals surface area contributed by atoms with E-state index < -0.39 is 0 Å². The molecule has 6 heteroatoms. The van der Waals surface area contributed by atoms with Crippen LogP contribution in [0.4, 0.5) is 5.69 Å². The minimum absolute atomic E-state index is 0.0704. The molecule has 6 nitrogen and oxygen atoms in total. The summed E-state index contributed by atoms with van der Waals surface area (Å²) in [5.41, 5.74) is 4.40. The molecule has 0 saturated carbocycles. The molecule has 0 aliphatic rings. The van der Waals surface area contributed by atoms with Gasteiger partial charge < -0.3 is 15.2 Å². The number of hydrogen-bond donors (Lipinski definition) is 2. The fraction of sp³-hybridized carbons (Fsp3) is 0.115. The molecule has 1 amide bonds. The summed E-state index contributed by atoms with van der Waals surface area (Å²) in [6.07, 6.45) is 6.43. The average Bonchev–Trinajstić information content (AvgIpc) is 2.81. The second-order valence-corrected chi connectivity index (χ2v) is 7.28. The first-order chi connectivity index (χ1) is 15.6. The van der Waals surface area contributed by atoms with E-state index in [1.807, 2.05) is 55.5 Å². The zero-order chi connectivity index (χ0) is 22.5. The number of carbonyl (C=O) groups excluding carboxylic acids is 1. The number of anilines is 1. The Bertz CT molecular complexity index is 1300. The third kappa shape index (κ3) is 4.44. The topological polar surface area (TPSA) is 84.3 Å². The molecule has 0 saturated heterocycles. The van der Waals surface area contributed by atoms with Crippen molar-refractivity contribution in [2.45, 2.75) is 20.5 Å². The van der Waals surface area contributed by atoms with Crippen molar-refractivity contribution >= 4 is 22.5 Å². The lowest BCUT2D eigenvalue weighted by atomic mass is 9.98. The fourth-order valence-electron chi connectivity index (χ4n) is 3.55. The number of benzene rings is 2. The maximum atomic E-state index is 12.1. The minimum atomic E-state index is -0.273. The zero-order valence-corrected chi connectivity index (χ0v) is 17.9. The van der Waals surface area contributed by atoms with Crippen LogP contribution in [0.5, 0.6) is 11.5 Å². The number of allylic oxidation sites excluding steroid dienone is 1. The van der Waals surface area contributed by atoms with Gasteiger partial charge in [-0.15, -0.1) is 0 Å². The third-order valence-electron chi connectivity index (χ3n) is 5.09. The SMILES string of the molecule is C/C=C\C(=O)Nc1cc(O)c(OCc2ccc3ccccc3n2)c(-c2ccncc2)c1C. The first-order valence-corrected chi connectivity index (χ1v) is 10.2.